The minimum absolute atomic E-state index is 0.231. The largest absolute Gasteiger partial charge is 0.496 e. The first-order chi connectivity index (χ1) is 8.22. The van der Waals surface area contributed by atoms with Gasteiger partial charge in [-0.05, 0) is 54.7 Å². The van der Waals surface area contributed by atoms with Gasteiger partial charge in [-0.1, -0.05) is 18.6 Å². The maximum absolute atomic E-state index is 6.41. The number of benzene rings is 1. The minimum Gasteiger partial charge on any atom is -0.496 e. The molecule has 2 aliphatic rings. The highest BCUT2D eigenvalue weighted by Gasteiger charge is 2.55. The van der Waals surface area contributed by atoms with Gasteiger partial charge in [0, 0.05) is 6.04 Å². The van der Waals surface area contributed by atoms with Crippen LogP contribution in [-0.4, -0.2) is 7.11 Å². The monoisotopic (exact) mass is 231 g/mol. The summed E-state index contributed by atoms with van der Waals surface area (Å²) in [6, 6.07) is 6.60. The molecule has 2 aliphatic carbocycles. The summed E-state index contributed by atoms with van der Waals surface area (Å²) in [5.41, 5.74) is 8.88. The standard InChI is InChI=1S/C15H21NO/c1-9-8-10(6-7-13(9)17-2)15(16)14-11-4-3-5-12(11)14/h6-8,11-12,14-15H,3-5,16H2,1-2H3. The molecule has 0 saturated heterocycles. The van der Waals surface area contributed by atoms with Crippen molar-refractivity contribution in [1.82, 2.24) is 0 Å². The van der Waals surface area contributed by atoms with Gasteiger partial charge in [0.25, 0.3) is 0 Å². The third-order valence-electron chi connectivity index (χ3n) is 4.69. The van der Waals surface area contributed by atoms with Crippen LogP contribution < -0.4 is 10.5 Å². The van der Waals surface area contributed by atoms with Crippen LogP contribution >= 0.6 is 0 Å². The van der Waals surface area contributed by atoms with E-state index in [1.54, 1.807) is 7.11 Å². The number of hydrogen-bond acceptors (Lipinski definition) is 2. The molecule has 0 aliphatic heterocycles. The topological polar surface area (TPSA) is 35.2 Å². The van der Waals surface area contributed by atoms with Gasteiger partial charge in [0.05, 0.1) is 7.11 Å². The molecular formula is C15H21NO. The third kappa shape index (κ3) is 1.75. The second-order valence-electron chi connectivity index (χ2n) is 5.59. The van der Waals surface area contributed by atoms with Crippen LogP contribution in [0.1, 0.15) is 36.4 Å². The van der Waals surface area contributed by atoms with E-state index in [9.17, 15) is 0 Å². The van der Waals surface area contributed by atoms with Gasteiger partial charge in [0.1, 0.15) is 5.75 Å². The molecule has 3 rings (SSSR count). The van der Waals surface area contributed by atoms with E-state index in [1.807, 2.05) is 6.07 Å². The lowest BCUT2D eigenvalue weighted by atomic mass is 9.96. The summed E-state index contributed by atoms with van der Waals surface area (Å²) in [6.45, 7) is 2.09. The summed E-state index contributed by atoms with van der Waals surface area (Å²) in [4.78, 5) is 0. The highest BCUT2D eigenvalue weighted by atomic mass is 16.5. The Labute approximate surface area is 103 Å². The molecule has 0 amide bonds. The molecule has 0 spiro atoms. The zero-order valence-corrected chi connectivity index (χ0v) is 10.6. The first-order valence-corrected chi connectivity index (χ1v) is 6.62. The fourth-order valence-electron chi connectivity index (χ4n) is 3.74. The maximum atomic E-state index is 6.41. The molecule has 0 bridgehead atoms. The molecule has 0 aromatic heterocycles. The Hall–Kier alpha value is -1.02. The molecular weight excluding hydrogens is 210 g/mol. The molecule has 17 heavy (non-hydrogen) atoms. The second-order valence-corrected chi connectivity index (χ2v) is 5.59. The number of nitrogens with two attached hydrogens (primary N) is 1. The highest BCUT2D eigenvalue weighted by molar-refractivity contribution is 5.38. The maximum Gasteiger partial charge on any atom is 0.121 e. The summed E-state index contributed by atoms with van der Waals surface area (Å²) in [5, 5.41) is 0. The van der Waals surface area contributed by atoms with E-state index in [4.69, 9.17) is 10.5 Å². The van der Waals surface area contributed by atoms with E-state index in [1.165, 1.54) is 30.4 Å². The summed E-state index contributed by atoms with van der Waals surface area (Å²) in [7, 11) is 1.72. The SMILES string of the molecule is COc1ccc(C(N)C2C3CCCC32)cc1C. The number of hydrogen-bond donors (Lipinski definition) is 1. The van der Waals surface area contributed by atoms with Crippen LogP contribution in [-0.2, 0) is 0 Å². The van der Waals surface area contributed by atoms with Gasteiger partial charge >= 0.3 is 0 Å². The van der Waals surface area contributed by atoms with Crippen LogP contribution in [0.5, 0.6) is 5.75 Å². The van der Waals surface area contributed by atoms with Crippen molar-refractivity contribution < 1.29 is 4.74 Å². The average molecular weight is 231 g/mol. The van der Waals surface area contributed by atoms with Crippen molar-refractivity contribution >= 4 is 0 Å². The van der Waals surface area contributed by atoms with Crippen LogP contribution in [0.3, 0.4) is 0 Å². The molecule has 1 aromatic carbocycles. The number of aryl methyl sites for hydroxylation is 1. The normalized spacial score (nSPS) is 32.1. The van der Waals surface area contributed by atoms with Crippen LogP contribution in [0.15, 0.2) is 18.2 Å². The molecule has 2 saturated carbocycles. The Morgan fingerprint density at radius 3 is 2.59 bits per heavy atom. The molecule has 2 fully saturated rings. The molecule has 2 N–H and O–H groups in total. The predicted octanol–water partition coefficient (Wildman–Crippen LogP) is 3.05. The van der Waals surface area contributed by atoms with Gasteiger partial charge in [-0.3, -0.25) is 0 Å². The molecule has 2 heteroatoms. The van der Waals surface area contributed by atoms with Gasteiger partial charge in [-0.2, -0.15) is 0 Å². The van der Waals surface area contributed by atoms with Crippen molar-refractivity contribution in [2.75, 3.05) is 7.11 Å². The summed E-state index contributed by atoms with van der Waals surface area (Å²) in [5.74, 6) is 3.55. The summed E-state index contributed by atoms with van der Waals surface area (Å²) < 4.78 is 5.29. The molecule has 0 heterocycles. The summed E-state index contributed by atoms with van der Waals surface area (Å²) in [6.07, 6.45) is 4.22. The fourth-order valence-corrected chi connectivity index (χ4v) is 3.74. The third-order valence-corrected chi connectivity index (χ3v) is 4.69. The van der Waals surface area contributed by atoms with Gasteiger partial charge in [-0.25, -0.2) is 0 Å². The Kier molecular flexibility index (Phi) is 2.62. The van der Waals surface area contributed by atoms with E-state index in [0.29, 0.717) is 0 Å². The summed E-state index contributed by atoms with van der Waals surface area (Å²) >= 11 is 0. The highest BCUT2D eigenvalue weighted by Crippen LogP contribution is 2.61. The predicted molar refractivity (Wildman–Crippen MR) is 69.0 cm³/mol. The smallest absolute Gasteiger partial charge is 0.121 e. The van der Waals surface area contributed by atoms with Gasteiger partial charge in [0.2, 0.25) is 0 Å². The molecule has 3 unspecified atom stereocenters. The Bertz CT molecular complexity index is 419. The number of fused-ring (bicyclic) bond motifs is 1. The molecule has 0 radical (unpaired) electrons. The molecule has 3 atom stereocenters. The quantitative estimate of drug-likeness (QED) is 0.867. The lowest BCUT2D eigenvalue weighted by molar-refractivity contribution is 0.411. The minimum atomic E-state index is 0.231. The van der Waals surface area contributed by atoms with Crippen molar-refractivity contribution in [3.05, 3.63) is 29.3 Å². The van der Waals surface area contributed by atoms with Crippen molar-refractivity contribution in [2.45, 2.75) is 32.2 Å². The Morgan fingerprint density at radius 2 is 2.00 bits per heavy atom. The van der Waals surface area contributed by atoms with Gasteiger partial charge in [-0.15, -0.1) is 0 Å². The van der Waals surface area contributed by atoms with E-state index < -0.39 is 0 Å². The zero-order chi connectivity index (χ0) is 12.0. The molecule has 1 aromatic rings. The van der Waals surface area contributed by atoms with Crippen molar-refractivity contribution in [3.8, 4) is 5.75 Å². The number of ether oxygens (including phenoxy) is 1. The Morgan fingerprint density at radius 1 is 1.29 bits per heavy atom. The van der Waals surface area contributed by atoms with E-state index >= 15 is 0 Å². The first kappa shape index (κ1) is 11.1. The number of methoxy groups -OCH3 is 1. The van der Waals surface area contributed by atoms with Crippen LogP contribution in [0.4, 0.5) is 0 Å². The second kappa shape index (κ2) is 4.02. The first-order valence-electron chi connectivity index (χ1n) is 6.62. The lowest BCUT2D eigenvalue weighted by Crippen LogP contribution is -2.15. The van der Waals surface area contributed by atoms with Crippen molar-refractivity contribution in [2.24, 2.45) is 23.5 Å². The van der Waals surface area contributed by atoms with Crippen LogP contribution in [0.2, 0.25) is 0 Å². The molecule has 2 nitrogen and oxygen atoms in total. The lowest BCUT2D eigenvalue weighted by Gasteiger charge is -2.16. The number of rotatable bonds is 3. The average Bonchev–Trinajstić information content (AvgIpc) is 2.81. The van der Waals surface area contributed by atoms with E-state index in [0.717, 1.165) is 23.5 Å². The van der Waals surface area contributed by atoms with Crippen molar-refractivity contribution in [1.29, 1.82) is 0 Å². The van der Waals surface area contributed by atoms with Crippen LogP contribution in [0, 0.1) is 24.7 Å². The molecule has 92 valence electrons. The van der Waals surface area contributed by atoms with E-state index in [2.05, 4.69) is 19.1 Å². The van der Waals surface area contributed by atoms with Gasteiger partial charge < -0.3 is 10.5 Å². The van der Waals surface area contributed by atoms with Crippen LogP contribution in [0.25, 0.3) is 0 Å². The zero-order valence-electron chi connectivity index (χ0n) is 10.6. The Balaban J connectivity index is 1.78. The van der Waals surface area contributed by atoms with Crippen molar-refractivity contribution in [3.63, 3.8) is 0 Å². The van der Waals surface area contributed by atoms with Gasteiger partial charge in [0.15, 0.2) is 0 Å². The van der Waals surface area contributed by atoms with E-state index in [-0.39, 0.29) is 6.04 Å². The fraction of sp³-hybridized carbons (Fsp3) is 0.600.